The molecular weight excluding hydrogens is 230 g/mol. The maximum absolute atomic E-state index is 5.89. The quantitative estimate of drug-likeness (QED) is 0.651. The SMILES string of the molecule is CSCCO[C@H]1CC[C@@H](N(C)CC(C)C)CC1. The van der Waals surface area contributed by atoms with Gasteiger partial charge in [-0.25, -0.2) is 0 Å². The molecule has 0 N–H and O–H groups in total. The summed E-state index contributed by atoms with van der Waals surface area (Å²) in [6.07, 6.45) is 7.80. The summed E-state index contributed by atoms with van der Waals surface area (Å²) in [5.74, 6) is 1.91. The first kappa shape index (κ1) is 15.3. The monoisotopic (exact) mass is 259 g/mol. The molecule has 1 saturated carbocycles. The third kappa shape index (κ3) is 6.12. The van der Waals surface area contributed by atoms with Crippen molar-refractivity contribution in [2.24, 2.45) is 5.92 Å². The highest BCUT2D eigenvalue weighted by Gasteiger charge is 2.24. The second-order valence-corrected chi connectivity index (χ2v) is 6.61. The Balaban J connectivity index is 2.16. The van der Waals surface area contributed by atoms with Gasteiger partial charge in [0.2, 0.25) is 0 Å². The molecule has 1 rings (SSSR count). The summed E-state index contributed by atoms with van der Waals surface area (Å²) in [5.41, 5.74) is 0. The van der Waals surface area contributed by atoms with Crippen molar-refractivity contribution in [3.8, 4) is 0 Å². The zero-order valence-electron chi connectivity index (χ0n) is 11.9. The molecule has 0 saturated heterocycles. The van der Waals surface area contributed by atoms with Crippen molar-refractivity contribution in [3.63, 3.8) is 0 Å². The average molecular weight is 259 g/mol. The van der Waals surface area contributed by atoms with E-state index in [9.17, 15) is 0 Å². The van der Waals surface area contributed by atoms with E-state index in [4.69, 9.17) is 4.74 Å². The molecule has 0 spiro atoms. The van der Waals surface area contributed by atoms with Crippen molar-refractivity contribution in [1.82, 2.24) is 4.90 Å². The van der Waals surface area contributed by atoms with Crippen LogP contribution < -0.4 is 0 Å². The molecular formula is C14H29NOS. The lowest BCUT2D eigenvalue weighted by molar-refractivity contribution is 0.0173. The number of nitrogens with zero attached hydrogens (tertiary/aromatic N) is 1. The van der Waals surface area contributed by atoms with Gasteiger partial charge in [0.25, 0.3) is 0 Å². The second-order valence-electron chi connectivity index (χ2n) is 5.63. The molecule has 2 nitrogen and oxygen atoms in total. The van der Waals surface area contributed by atoms with E-state index in [1.54, 1.807) is 0 Å². The molecule has 0 aliphatic heterocycles. The third-order valence-electron chi connectivity index (χ3n) is 3.56. The number of hydrogen-bond acceptors (Lipinski definition) is 3. The molecule has 1 aliphatic rings. The van der Waals surface area contributed by atoms with E-state index in [2.05, 4.69) is 32.1 Å². The van der Waals surface area contributed by atoms with Gasteiger partial charge >= 0.3 is 0 Å². The van der Waals surface area contributed by atoms with E-state index < -0.39 is 0 Å². The minimum absolute atomic E-state index is 0.533. The van der Waals surface area contributed by atoms with Gasteiger partial charge in [-0.2, -0.15) is 11.8 Å². The normalized spacial score (nSPS) is 25.8. The minimum Gasteiger partial charge on any atom is -0.377 e. The van der Waals surface area contributed by atoms with Gasteiger partial charge in [0.05, 0.1) is 12.7 Å². The van der Waals surface area contributed by atoms with Crippen LogP contribution in [-0.2, 0) is 4.74 Å². The smallest absolute Gasteiger partial charge is 0.0576 e. The molecule has 0 bridgehead atoms. The van der Waals surface area contributed by atoms with E-state index >= 15 is 0 Å². The molecule has 1 aliphatic carbocycles. The average Bonchev–Trinajstić information content (AvgIpc) is 2.29. The molecule has 102 valence electrons. The van der Waals surface area contributed by atoms with Crippen LogP contribution in [0, 0.1) is 5.92 Å². The maximum atomic E-state index is 5.89. The molecule has 17 heavy (non-hydrogen) atoms. The van der Waals surface area contributed by atoms with Crippen molar-refractivity contribution >= 4 is 11.8 Å². The van der Waals surface area contributed by atoms with E-state index in [1.807, 2.05) is 11.8 Å². The van der Waals surface area contributed by atoms with Gasteiger partial charge in [0.15, 0.2) is 0 Å². The molecule has 0 unspecified atom stereocenters. The van der Waals surface area contributed by atoms with E-state index in [-0.39, 0.29) is 0 Å². The van der Waals surface area contributed by atoms with Gasteiger partial charge in [-0.1, -0.05) is 13.8 Å². The number of ether oxygens (including phenoxy) is 1. The maximum Gasteiger partial charge on any atom is 0.0576 e. The first-order chi connectivity index (χ1) is 8.13. The van der Waals surface area contributed by atoms with Gasteiger partial charge in [-0.3, -0.25) is 0 Å². The Kier molecular flexibility index (Phi) is 7.56. The fourth-order valence-corrected chi connectivity index (χ4v) is 2.94. The van der Waals surface area contributed by atoms with Crippen molar-refractivity contribution in [1.29, 1.82) is 0 Å². The molecule has 0 aromatic carbocycles. The van der Waals surface area contributed by atoms with Crippen LogP contribution in [0.2, 0.25) is 0 Å². The van der Waals surface area contributed by atoms with Gasteiger partial charge in [-0.15, -0.1) is 0 Å². The summed E-state index contributed by atoms with van der Waals surface area (Å²) in [6, 6.07) is 0.790. The van der Waals surface area contributed by atoms with Crippen LogP contribution >= 0.6 is 11.8 Å². The summed E-state index contributed by atoms with van der Waals surface area (Å²) in [6.45, 7) is 6.75. The fraction of sp³-hybridized carbons (Fsp3) is 1.00. The Hall–Kier alpha value is 0.270. The van der Waals surface area contributed by atoms with Crippen LogP contribution in [-0.4, -0.2) is 49.3 Å². The van der Waals surface area contributed by atoms with Crippen molar-refractivity contribution < 1.29 is 4.74 Å². The largest absolute Gasteiger partial charge is 0.377 e. The number of rotatable bonds is 7. The predicted octanol–water partition coefficient (Wildman–Crippen LogP) is 3.27. The zero-order valence-corrected chi connectivity index (χ0v) is 12.8. The van der Waals surface area contributed by atoms with Gasteiger partial charge in [0.1, 0.15) is 0 Å². The Bertz CT molecular complexity index is 191. The molecule has 0 amide bonds. The number of hydrogen-bond donors (Lipinski definition) is 0. The van der Waals surface area contributed by atoms with Crippen molar-refractivity contribution in [3.05, 3.63) is 0 Å². The highest BCUT2D eigenvalue weighted by molar-refractivity contribution is 7.98. The topological polar surface area (TPSA) is 12.5 Å². The first-order valence-corrected chi connectivity index (χ1v) is 8.33. The summed E-state index contributed by atoms with van der Waals surface area (Å²) in [4.78, 5) is 2.54. The summed E-state index contributed by atoms with van der Waals surface area (Å²) in [5, 5.41) is 0. The molecule has 1 fully saturated rings. The Morgan fingerprint density at radius 1 is 1.24 bits per heavy atom. The Morgan fingerprint density at radius 3 is 2.41 bits per heavy atom. The number of thioether (sulfide) groups is 1. The second kappa shape index (κ2) is 8.39. The predicted molar refractivity (Wildman–Crippen MR) is 77.8 cm³/mol. The summed E-state index contributed by atoms with van der Waals surface area (Å²) >= 11 is 1.87. The lowest BCUT2D eigenvalue weighted by Crippen LogP contribution is -2.38. The van der Waals surface area contributed by atoms with E-state index in [1.165, 1.54) is 32.2 Å². The fourth-order valence-electron chi connectivity index (χ4n) is 2.68. The molecule has 0 heterocycles. The Morgan fingerprint density at radius 2 is 1.88 bits per heavy atom. The van der Waals surface area contributed by atoms with Gasteiger partial charge < -0.3 is 9.64 Å². The molecule has 0 radical (unpaired) electrons. The summed E-state index contributed by atoms with van der Waals surface area (Å²) in [7, 11) is 2.28. The molecule has 0 atom stereocenters. The molecule has 3 heteroatoms. The molecule has 0 aromatic rings. The first-order valence-electron chi connectivity index (χ1n) is 6.94. The summed E-state index contributed by atoms with van der Waals surface area (Å²) < 4.78 is 5.89. The third-order valence-corrected chi connectivity index (χ3v) is 4.14. The lowest BCUT2D eigenvalue weighted by Gasteiger charge is -2.35. The van der Waals surface area contributed by atoms with E-state index in [0.29, 0.717) is 6.10 Å². The van der Waals surface area contributed by atoms with Crippen molar-refractivity contribution in [2.45, 2.75) is 51.7 Å². The van der Waals surface area contributed by atoms with E-state index in [0.717, 1.165) is 24.3 Å². The van der Waals surface area contributed by atoms with Crippen molar-refractivity contribution in [2.75, 3.05) is 32.2 Å². The van der Waals surface area contributed by atoms with Crippen LogP contribution in [0.3, 0.4) is 0 Å². The lowest BCUT2D eigenvalue weighted by atomic mass is 9.91. The minimum atomic E-state index is 0.533. The highest BCUT2D eigenvalue weighted by Crippen LogP contribution is 2.25. The van der Waals surface area contributed by atoms with Crippen LogP contribution in [0.15, 0.2) is 0 Å². The van der Waals surface area contributed by atoms with Gasteiger partial charge in [-0.05, 0) is 44.9 Å². The zero-order chi connectivity index (χ0) is 12.7. The highest BCUT2D eigenvalue weighted by atomic mass is 32.2. The standard InChI is InChI=1S/C14H29NOS/c1-12(2)11-15(3)13-5-7-14(8-6-13)16-9-10-17-4/h12-14H,5-11H2,1-4H3/t13-,14+. The van der Waals surface area contributed by atoms with Gasteiger partial charge in [0, 0.05) is 18.3 Å². The van der Waals surface area contributed by atoms with Crippen LogP contribution in [0.4, 0.5) is 0 Å². The van der Waals surface area contributed by atoms with Crippen LogP contribution in [0.5, 0.6) is 0 Å². The van der Waals surface area contributed by atoms with Crippen LogP contribution in [0.1, 0.15) is 39.5 Å². The Labute approximate surface area is 111 Å². The molecule has 0 aromatic heterocycles. The van der Waals surface area contributed by atoms with Crippen LogP contribution in [0.25, 0.3) is 0 Å².